The highest BCUT2D eigenvalue weighted by Crippen LogP contribution is 2.29. The van der Waals surface area contributed by atoms with Crippen molar-refractivity contribution in [3.05, 3.63) is 43.5 Å². The second kappa shape index (κ2) is 5.30. The molecule has 0 bridgehead atoms. The van der Waals surface area contributed by atoms with Crippen molar-refractivity contribution in [3.63, 3.8) is 0 Å². The molecule has 1 aromatic carbocycles. The molecule has 3 N–H and O–H groups in total. The Kier molecular flexibility index (Phi) is 3.94. The molecule has 0 aliphatic heterocycles. The lowest BCUT2D eigenvalue weighted by Crippen LogP contribution is -2.11. The van der Waals surface area contributed by atoms with E-state index in [4.69, 9.17) is 17.3 Å². The van der Waals surface area contributed by atoms with Gasteiger partial charge in [-0.25, -0.2) is 0 Å². The Morgan fingerprint density at radius 1 is 1.50 bits per heavy atom. The van der Waals surface area contributed by atoms with Crippen molar-refractivity contribution in [2.75, 3.05) is 11.1 Å². The molecule has 94 valence electrons. The van der Waals surface area contributed by atoms with Crippen molar-refractivity contribution >= 4 is 56.1 Å². The van der Waals surface area contributed by atoms with Gasteiger partial charge in [-0.1, -0.05) is 11.6 Å². The van der Waals surface area contributed by atoms with Crippen molar-refractivity contribution < 1.29 is 4.79 Å². The van der Waals surface area contributed by atoms with Gasteiger partial charge in [0.25, 0.3) is 5.91 Å². The number of thiophene rings is 1. The third kappa shape index (κ3) is 2.68. The van der Waals surface area contributed by atoms with Crippen LogP contribution >= 0.6 is 38.9 Å². The van der Waals surface area contributed by atoms with E-state index in [0.717, 1.165) is 10.0 Å². The summed E-state index contributed by atoms with van der Waals surface area (Å²) >= 11 is 10.6. The van der Waals surface area contributed by atoms with Crippen LogP contribution in [-0.4, -0.2) is 5.91 Å². The summed E-state index contributed by atoms with van der Waals surface area (Å²) in [7, 11) is 0. The summed E-state index contributed by atoms with van der Waals surface area (Å²) < 4.78 is 0.787. The summed E-state index contributed by atoms with van der Waals surface area (Å²) in [5.74, 6) is -0.237. The average molecular weight is 346 g/mol. The van der Waals surface area contributed by atoms with E-state index in [9.17, 15) is 4.79 Å². The zero-order chi connectivity index (χ0) is 13.3. The minimum absolute atomic E-state index is 0.237. The Balaban J connectivity index is 2.28. The van der Waals surface area contributed by atoms with Crippen LogP contribution in [0, 0.1) is 6.92 Å². The van der Waals surface area contributed by atoms with Crippen LogP contribution in [0.2, 0.25) is 5.02 Å². The van der Waals surface area contributed by atoms with Gasteiger partial charge in [0.1, 0.15) is 4.88 Å². The fourth-order valence-corrected chi connectivity index (χ4v) is 3.01. The Morgan fingerprint density at radius 3 is 2.83 bits per heavy atom. The molecule has 0 spiro atoms. The van der Waals surface area contributed by atoms with Gasteiger partial charge in [-0.2, -0.15) is 0 Å². The van der Waals surface area contributed by atoms with Crippen molar-refractivity contribution in [2.45, 2.75) is 6.92 Å². The first-order valence-electron chi connectivity index (χ1n) is 5.09. The zero-order valence-electron chi connectivity index (χ0n) is 9.46. The van der Waals surface area contributed by atoms with E-state index in [1.807, 2.05) is 13.0 Å². The van der Waals surface area contributed by atoms with E-state index < -0.39 is 0 Å². The maximum absolute atomic E-state index is 12.0. The fraction of sp³-hybridized carbons (Fsp3) is 0.0833. The molecule has 0 aliphatic carbocycles. The largest absolute Gasteiger partial charge is 0.398 e. The Bertz CT molecular complexity index is 612. The number of amides is 1. The smallest absolute Gasteiger partial charge is 0.267 e. The Morgan fingerprint density at radius 2 is 2.22 bits per heavy atom. The van der Waals surface area contributed by atoms with Crippen LogP contribution in [0.4, 0.5) is 11.4 Å². The first-order valence-corrected chi connectivity index (χ1v) is 7.14. The number of nitrogens with two attached hydrogens (primary N) is 1. The number of carbonyl (C=O) groups excluding carboxylic acids is 1. The van der Waals surface area contributed by atoms with Gasteiger partial charge < -0.3 is 11.1 Å². The van der Waals surface area contributed by atoms with Gasteiger partial charge in [0, 0.05) is 10.2 Å². The number of carbonyl (C=O) groups is 1. The van der Waals surface area contributed by atoms with E-state index in [0.29, 0.717) is 21.3 Å². The van der Waals surface area contributed by atoms with Crippen LogP contribution in [0.1, 0.15) is 15.2 Å². The molecule has 18 heavy (non-hydrogen) atoms. The molecule has 0 unspecified atom stereocenters. The van der Waals surface area contributed by atoms with Crippen LogP contribution in [0.5, 0.6) is 0 Å². The first-order chi connectivity index (χ1) is 8.49. The van der Waals surface area contributed by atoms with Gasteiger partial charge >= 0.3 is 0 Å². The number of nitrogen functional groups attached to an aromatic ring is 1. The Hall–Kier alpha value is -1.04. The summed E-state index contributed by atoms with van der Waals surface area (Å²) in [6.45, 7) is 1.90. The first kappa shape index (κ1) is 13.4. The third-order valence-corrected chi connectivity index (χ3v) is 4.42. The number of halogens is 2. The molecule has 0 aliphatic rings. The lowest BCUT2D eigenvalue weighted by molar-refractivity contribution is 0.103. The Labute approximate surface area is 122 Å². The molecular weight excluding hydrogens is 336 g/mol. The van der Waals surface area contributed by atoms with Gasteiger partial charge in [-0.3, -0.25) is 4.79 Å². The molecule has 3 nitrogen and oxygen atoms in total. The predicted molar refractivity (Wildman–Crippen MR) is 80.6 cm³/mol. The standard InChI is InChI=1S/C12H10BrClN2OS/c1-6-4-7(13)10(5-9(6)15)16-12(17)11-8(14)2-3-18-11/h2-5H,15H2,1H3,(H,16,17). The molecule has 0 radical (unpaired) electrons. The van der Waals surface area contributed by atoms with Crippen molar-refractivity contribution in [3.8, 4) is 0 Å². The molecule has 2 rings (SSSR count). The summed E-state index contributed by atoms with van der Waals surface area (Å²) in [6.07, 6.45) is 0. The number of rotatable bonds is 2. The minimum atomic E-state index is -0.237. The van der Waals surface area contributed by atoms with E-state index in [1.165, 1.54) is 11.3 Å². The van der Waals surface area contributed by atoms with Crippen molar-refractivity contribution in [1.29, 1.82) is 0 Å². The van der Waals surface area contributed by atoms with Crippen molar-refractivity contribution in [1.82, 2.24) is 0 Å². The maximum Gasteiger partial charge on any atom is 0.267 e. The predicted octanol–water partition coefficient (Wildman–Crippen LogP) is 4.31. The van der Waals surface area contributed by atoms with E-state index in [1.54, 1.807) is 17.5 Å². The fourth-order valence-electron chi connectivity index (χ4n) is 1.42. The summed E-state index contributed by atoms with van der Waals surface area (Å²) in [4.78, 5) is 12.5. The zero-order valence-corrected chi connectivity index (χ0v) is 12.6. The molecule has 0 saturated carbocycles. The minimum Gasteiger partial charge on any atom is -0.398 e. The topological polar surface area (TPSA) is 55.1 Å². The van der Waals surface area contributed by atoms with E-state index in [-0.39, 0.29) is 5.91 Å². The normalized spacial score (nSPS) is 10.4. The van der Waals surface area contributed by atoms with Crippen LogP contribution in [0.25, 0.3) is 0 Å². The quantitative estimate of drug-likeness (QED) is 0.797. The summed E-state index contributed by atoms with van der Waals surface area (Å²) in [6, 6.07) is 5.28. The average Bonchev–Trinajstić information content (AvgIpc) is 2.72. The van der Waals surface area contributed by atoms with Gasteiger partial charge in [0.15, 0.2) is 0 Å². The number of aryl methyl sites for hydroxylation is 1. The molecule has 1 aromatic heterocycles. The molecule has 0 atom stereocenters. The van der Waals surface area contributed by atoms with Gasteiger partial charge in [-0.15, -0.1) is 11.3 Å². The molecule has 6 heteroatoms. The SMILES string of the molecule is Cc1cc(Br)c(NC(=O)c2sccc2Cl)cc1N. The van der Waals surface area contributed by atoms with Crippen molar-refractivity contribution in [2.24, 2.45) is 0 Å². The highest BCUT2D eigenvalue weighted by atomic mass is 79.9. The van der Waals surface area contributed by atoms with E-state index >= 15 is 0 Å². The van der Waals surface area contributed by atoms with Gasteiger partial charge in [-0.05, 0) is 52.0 Å². The van der Waals surface area contributed by atoms with Crippen LogP contribution in [0.15, 0.2) is 28.1 Å². The second-order valence-electron chi connectivity index (χ2n) is 3.74. The molecule has 1 heterocycles. The molecule has 0 saturated heterocycles. The molecule has 0 fully saturated rings. The van der Waals surface area contributed by atoms with Gasteiger partial charge in [0.2, 0.25) is 0 Å². The molecule has 1 amide bonds. The monoisotopic (exact) mass is 344 g/mol. The third-order valence-electron chi connectivity index (χ3n) is 2.43. The number of benzene rings is 1. The number of hydrogen-bond donors (Lipinski definition) is 2. The number of anilines is 2. The second-order valence-corrected chi connectivity index (χ2v) is 5.92. The highest BCUT2D eigenvalue weighted by Gasteiger charge is 2.14. The lowest BCUT2D eigenvalue weighted by atomic mass is 10.2. The number of nitrogens with one attached hydrogen (secondary N) is 1. The van der Waals surface area contributed by atoms with E-state index in [2.05, 4.69) is 21.2 Å². The summed E-state index contributed by atoms with van der Waals surface area (Å²) in [5, 5.41) is 5.01. The highest BCUT2D eigenvalue weighted by molar-refractivity contribution is 9.10. The lowest BCUT2D eigenvalue weighted by Gasteiger charge is -2.09. The van der Waals surface area contributed by atoms with Crippen LogP contribution < -0.4 is 11.1 Å². The summed E-state index contributed by atoms with van der Waals surface area (Å²) in [5.41, 5.74) is 8.03. The maximum atomic E-state index is 12.0. The van der Waals surface area contributed by atoms with Crippen LogP contribution in [0.3, 0.4) is 0 Å². The van der Waals surface area contributed by atoms with Gasteiger partial charge in [0.05, 0.1) is 10.7 Å². The van der Waals surface area contributed by atoms with Crippen LogP contribution in [-0.2, 0) is 0 Å². The molecular formula is C12H10BrClN2OS. The number of hydrogen-bond acceptors (Lipinski definition) is 3. The molecule has 2 aromatic rings.